The Labute approximate surface area is 150 Å². The average molecular weight is 358 g/mol. The zero-order chi connectivity index (χ0) is 18.2. The van der Waals surface area contributed by atoms with Crippen molar-refractivity contribution in [1.29, 1.82) is 0 Å². The van der Waals surface area contributed by atoms with Crippen LogP contribution in [0.2, 0.25) is 5.02 Å². The number of fused-ring (bicyclic) bond motifs is 1. The second kappa shape index (κ2) is 6.46. The van der Waals surface area contributed by atoms with Crippen LogP contribution in [0, 0.1) is 6.92 Å². The van der Waals surface area contributed by atoms with Crippen molar-refractivity contribution in [2.45, 2.75) is 26.3 Å². The lowest BCUT2D eigenvalue weighted by Gasteiger charge is -2.18. The molecule has 0 fully saturated rings. The van der Waals surface area contributed by atoms with Gasteiger partial charge in [-0.2, -0.15) is 0 Å². The summed E-state index contributed by atoms with van der Waals surface area (Å²) in [5.41, 5.74) is 9.01. The monoisotopic (exact) mass is 357 g/mol. The number of amides is 1. The van der Waals surface area contributed by atoms with Gasteiger partial charge in [-0.1, -0.05) is 17.7 Å². The lowest BCUT2D eigenvalue weighted by molar-refractivity contribution is 0.0940. The van der Waals surface area contributed by atoms with Gasteiger partial charge in [0.1, 0.15) is 11.4 Å². The first-order chi connectivity index (χ1) is 11.7. The van der Waals surface area contributed by atoms with Gasteiger partial charge in [0.2, 0.25) is 0 Å². The first kappa shape index (κ1) is 17.4. The Balaban J connectivity index is 1.94. The van der Waals surface area contributed by atoms with Crippen molar-refractivity contribution in [2.24, 2.45) is 5.73 Å². The summed E-state index contributed by atoms with van der Waals surface area (Å²) in [6.07, 6.45) is 3.07. The summed E-state index contributed by atoms with van der Waals surface area (Å²) in [6.45, 7) is 6.03. The molecule has 25 heavy (non-hydrogen) atoms. The summed E-state index contributed by atoms with van der Waals surface area (Å²) in [4.78, 5) is 24.2. The number of nitrogens with two attached hydrogens (primary N) is 1. The van der Waals surface area contributed by atoms with Gasteiger partial charge in [-0.15, -0.1) is 0 Å². The van der Waals surface area contributed by atoms with Crippen LogP contribution in [0.25, 0.3) is 22.3 Å². The van der Waals surface area contributed by atoms with E-state index in [9.17, 15) is 4.79 Å². The van der Waals surface area contributed by atoms with Gasteiger partial charge in [0, 0.05) is 28.0 Å². The second-order valence-electron chi connectivity index (χ2n) is 6.78. The van der Waals surface area contributed by atoms with E-state index in [1.165, 1.54) is 6.20 Å². The predicted molar refractivity (Wildman–Crippen MR) is 99.7 cm³/mol. The SMILES string of the molecule is Cc1c(-c2cncc(C(=O)NCC(C)(C)N)n2)[nH]c2cc(Cl)ccc12. The van der Waals surface area contributed by atoms with Gasteiger partial charge >= 0.3 is 0 Å². The van der Waals surface area contributed by atoms with Crippen molar-refractivity contribution >= 4 is 28.4 Å². The summed E-state index contributed by atoms with van der Waals surface area (Å²) in [6, 6.07) is 5.67. The van der Waals surface area contributed by atoms with Gasteiger partial charge in [-0.3, -0.25) is 9.78 Å². The molecule has 0 radical (unpaired) electrons. The van der Waals surface area contributed by atoms with Crippen LogP contribution in [0.4, 0.5) is 0 Å². The number of H-pyrrole nitrogens is 1. The molecule has 4 N–H and O–H groups in total. The minimum atomic E-state index is -0.492. The summed E-state index contributed by atoms with van der Waals surface area (Å²) < 4.78 is 0. The normalized spacial score (nSPS) is 11.7. The quantitative estimate of drug-likeness (QED) is 0.668. The highest BCUT2D eigenvalue weighted by atomic mass is 35.5. The molecule has 130 valence electrons. The first-order valence-corrected chi connectivity index (χ1v) is 8.30. The van der Waals surface area contributed by atoms with Crippen LogP contribution in [-0.2, 0) is 0 Å². The molecule has 0 saturated heterocycles. The maximum absolute atomic E-state index is 12.3. The second-order valence-corrected chi connectivity index (χ2v) is 7.21. The smallest absolute Gasteiger partial charge is 0.271 e. The fourth-order valence-corrected chi connectivity index (χ4v) is 2.73. The molecule has 0 unspecified atom stereocenters. The number of carbonyl (C=O) groups excluding carboxylic acids is 1. The summed E-state index contributed by atoms with van der Waals surface area (Å²) in [5, 5.41) is 4.48. The van der Waals surface area contributed by atoms with Gasteiger partial charge < -0.3 is 16.0 Å². The average Bonchev–Trinajstić information content (AvgIpc) is 2.88. The third-order valence-corrected chi connectivity index (χ3v) is 4.08. The van der Waals surface area contributed by atoms with Crippen LogP contribution in [0.5, 0.6) is 0 Å². The Morgan fingerprint density at radius 3 is 2.84 bits per heavy atom. The van der Waals surface area contributed by atoms with Crippen molar-refractivity contribution in [3.05, 3.63) is 46.9 Å². The lowest BCUT2D eigenvalue weighted by Crippen LogP contribution is -2.45. The highest BCUT2D eigenvalue weighted by molar-refractivity contribution is 6.31. The van der Waals surface area contributed by atoms with Crippen LogP contribution in [0.15, 0.2) is 30.6 Å². The topological polar surface area (TPSA) is 96.7 Å². The Hall–Kier alpha value is -2.44. The van der Waals surface area contributed by atoms with E-state index in [0.717, 1.165) is 22.2 Å². The summed E-state index contributed by atoms with van der Waals surface area (Å²) in [7, 11) is 0. The van der Waals surface area contributed by atoms with E-state index in [4.69, 9.17) is 17.3 Å². The predicted octanol–water partition coefficient (Wildman–Crippen LogP) is 3.05. The number of hydrogen-bond acceptors (Lipinski definition) is 4. The fraction of sp³-hybridized carbons (Fsp3) is 0.278. The minimum Gasteiger partial charge on any atom is -0.353 e. The Morgan fingerprint density at radius 2 is 2.12 bits per heavy atom. The van der Waals surface area contributed by atoms with E-state index in [-0.39, 0.29) is 11.6 Å². The Bertz CT molecular complexity index is 942. The molecule has 1 aromatic carbocycles. The number of aromatic amines is 1. The van der Waals surface area contributed by atoms with E-state index in [1.807, 2.05) is 39.0 Å². The molecule has 0 aliphatic carbocycles. The Morgan fingerprint density at radius 1 is 1.36 bits per heavy atom. The molecule has 3 aromatic rings. The number of benzene rings is 1. The number of nitrogens with zero attached hydrogens (tertiary/aromatic N) is 2. The number of halogens is 1. The third-order valence-electron chi connectivity index (χ3n) is 3.85. The molecule has 0 saturated carbocycles. The largest absolute Gasteiger partial charge is 0.353 e. The molecular formula is C18H20ClN5O. The van der Waals surface area contributed by atoms with E-state index < -0.39 is 5.54 Å². The van der Waals surface area contributed by atoms with Crippen molar-refractivity contribution in [2.75, 3.05) is 6.54 Å². The Kier molecular flexibility index (Phi) is 4.49. The number of aryl methyl sites for hydroxylation is 1. The van der Waals surface area contributed by atoms with Crippen molar-refractivity contribution in [3.8, 4) is 11.4 Å². The van der Waals surface area contributed by atoms with Gasteiger partial charge in [0.15, 0.2) is 0 Å². The lowest BCUT2D eigenvalue weighted by atomic mass is 10.1. The summed E-state index contributed by atoms with van der Waals surface area (Å²) >= 11 is 6.05. The van der Waals surface area contributed by atoms with Gasteiger partial charge in [-0.25, -0.2) is 4.98 Å². The van der Waals surface area contributed by atoms with Gasteiger partial charge in [0.05, 0.1) is 18.1 Å². The van der Waals surface area contributed by atoms with E-state index in [1.54, 1.807) is 6.20 Å². The fourth-order valence-electron chi connectivity index (χ4n) is 2.56. The number of aromatic nitrogens is 3. The molecule has 0 spiro atoms. The van der Waals surface area contributed by atoms with E-state index in [0.29, 0.717) is 17.3 Å². The molecule has 0 aliphatic rings. The van der Waals surface area contributed by atoms with Crippen LogP contribution in [-0.4, -0.2) is 32.9 Å². The zero-order valence-corrected chi connectivity index (χ0v) is 15.1. The number of nitrogens with one attached hydrogen (secondary N) is 2. The van der Waals surface area contributed by atoms with Crippen molar-refractivity contribution in [1.82, 2.24) is 20.3 Å². The highest BCUT2D eigenvalue weighted by Gasteiger charge is 2.17. The molecule has 2 aromatic heterocycles. The number of rotatable bonds is 4. The molecule has 0 atom stereocenters. The third kappa shape index (κ3) is 3.81. The zero-order valence-electron chi connectivity index (χ0n) is 14.4. The molecule has 0 bridgehead atoms. The molecule has 0 aliphatic heterocycles. The summed E-state index contributed by atoms with van der Waals surface area (Å²) in [5.74, 6) is -0.301. The van der Waals surface area contributed by atoms with Crippen LogP contribution >= 0.6 is 11.6 Å². The maximum atomic E-state index is 12.3. The first-order valence-electron chi connectivity index (χ1n) is 7.92. The molecule has 7 heteroatoms. The van der Waals surface area contributed by atoms with Gasteiger partial charge in [-0.05, 0) is 38.5 Å². The van der Waals surface area contributed by atoms with Crippen LogP contribution in [0.3, 0.4) is 0 Å². The van der Waals surface area contributed by atoms with Gasteiger partial charge in [0.25, 0.3) is 5.91 Å². The van der Waals surface area contributed by atoms with Crippen LogP contribution in [0.1, 0.15) is 29.9 Å². The molecular weight excluding hydrogens is 338 g/mol. The molecule has 6 nitrogen and oxygen atoms in total. The minimum absolute atomic E-state index is 0.248. The van der Waals surface area contributed by atoms with E-state index in [2.05, 4.69) is 20.3 Å². The maximum Gasteiger partial charge on any atom is 0.271 e. The number of carbonyl (C=O) groups is 1. The molecule has 3 rings (SSSR count). The van der Waals surface area contributed by atoms with E-state index >= 15 is 0 Å². The molecule has 2 heterocycles. The molecule has 1 amide bonds. The van der Waals surface area contributed by atoms with Crippen molar-refractivity contribution in [3.63, 3.8) is 0 Å². The standard InChI is InChI=1S/C18H20ClN5O/c1-10-12-5-4-11(19)6-13(12)24-16(10)14-7-21-8-15(23-14)17(25)22-9-18(2,3)20/h4-8,24H,9,20H2,1-3H3,(H,22,25). The highest BCUT2D eigenvalue weighted by Crippen LogP contribution is 2.29. The number of hydrogen-bond donors (Lipinski definition) is 3. The van der Waals surface area contributed by atoms with Crippen molar-refractivity contribution < 1.29 is 4.79 Å². The van der Waals surface area contributed by atoms with Crippen LogP contribution < -0.4 is 11.1 Å².